The van der Waals surface area contributed by atoms with E-state index < -0.39 is 0 Å². The highest BCUT2D eigenvalue weighted by atomic mass is 16.5. The number of hydrogen-bond acceptors (Lipinski definition) is 2. The molecule has 1 aromatic rings. The van der Waals surface area contributed by atoms with Crippen LogP contribution >= 0.6 is 0 Å². The SMILES string of the molecule is C=C(C)CCOc1cccc(CNCC)c1. The highest BCUT2D eigenvalue weighted by Gasteiger charge is 1.96. The molecule has 0 atom stereocenters. The zero-order valence-electron chi connectivity index (χ0n) is 10.3. The normalized spacial score (nSPS) is 10.1. The second-order valence-corrected chi connectivity index (χ2v) is 3.98. The van der Waals surface area contributed by atoms with Gasteiger partial charge in [0.1, 0.15) is 5.75 Å². The molecule has 0 fully saturated rings. The van der Waals surface area contributed by atoms with Crippen LogP contribution in [-0.2, 0) is 6.54 Å². The van der Waals surface area contributed by atoms with Gasteiger partial charge in [-0.2, -0.15) is 0 Å². The fourth-order valence-electron chi connectivity index (χ4n) is 1.36. The van der Waals surface area contributed by atoms with Gasteiger partial charge in [0, 0.05) is 13.0 Å². The third-order valence-electron chi connectivity index (χ3n) is 2.28. The van der Waals surface area contributed by atoms with Crippen LogP contribution in [0.5, 0.6) is 5.75 Å². The maximum Gasteiger partial charge on any atom is 0.119 e. The molecule has 88 valence electrons. The molecule has 0 aromatic heterocycles. The van der Waals surface area contributed by atoms with Gasteiger partial charge in [0.25, 0.3) is 0 Å². The van der Waals surface area contributed by atoms with E-state index in [0.29, 0.717) is 6.61 Å². The first-order chi connectivity index (χ1) is 7.72. The van der Waals surface area contributed by atoms with E-state index in [1.165, 1.54) is 5.56 Å². The molecule has 0 amide bonds. The lowest BCUT2D eigenvalue weighted by molar-refractivity contribution is 0.321. The van der Waals surface area contributed by atoms with Gasteiger partial charge in [-0.05, 0) is 31.2 Å². The van der Waals surface area contributed by atoms with Crippen molar-refractivity contribution in [2.24, 2.45) is 0 Å². The Hall–Kier alpha value is -1.28. The summed E-state index contributed by atoms with van der Waals surface area (Å²) in [4.78, 5) is 0. The van der Waals surface area contributed by atoms with Gasteiger partial charge in [0.2, 0.25) is 0 Å². The minimum atomic E-state index is 0.708. The summed E-state index contributed by atoms with van der Waals surface area (Å²) in [6.45, 7) is 10.6. The van der Waals surface area contributed by atoms with E-state index in [-0.39, 0.29) is 0 Å². The molecule has 16 heavy (non-hydrogen) atoms. The van der Waals surface area contributed by atoms with Crippen LogP contribution in [0.1, 0.15) is 25.8 Å². The summed E-state index contributed by atoms with van der Waals surface area (Å²) < 4.78 is 5.65. The maximum absolute atomic E-state index is 5.65. The van der Waals surface area contributed by atoms with Crippen LogP contribution < -0.4 is 10.1 Å². The molecule has 0 spiro atoms. The molecule has 0 aliphatic heterocycles. The molecule has 0 saturated heterocycles. The Morgan fingerprint density at radius 1 is 1.44 bits per heavy atom. The Labute approximate surface area is 98.3 Å². The first kappa shape index (κ1) is 12.8. The molecular weight excluding hydrogens is 198 g/mol. The second-order valence-electron chi connectivity index (χ2n) is 3.98. The van der Waals surface area contributed by atoms with Gasteiger partial charge in [-0.3, -0.25) is 0 Å². The molecule has 0 heterocycles. The van der Waals surface area contributed by atoms with Gasteiger partial charge >= 0.3 is 0 Å². The van der Waals surface area contributed by atoms with Crippen molar-refractivity contribution in [2.75, 3.05) is 13.2 Å². The van der Waals surface area contributed by atoms with Gasteiger partial charge < -0.3 is 10.1 Å². The molecule has 0 saturated carbocycles. The Kier molecular flexibility index (Phi) is 5.65. The summed E-state index contributed by atoms with van der Waals surface area (Å²) in [5.41, 5.74) is 2.42. The van der Waals surface area contributed by atoms with Crippen LogP contribution in [0.15, 0.2) is 36.4 Å². The van der Waals surface area contributed by atoms with Crippen molar-refractivity contribution in [1.82, 2.24) is 5.32 Å². The van der Waals surface area contributed by atoms with Crippen molar-refractivity contribution in [3.05, 3.63) is 42.0 Å². The van der Waals surface area contributed by atoms with Crippen molar-refractivity contribution >= 4 is 0 Å². The number of hydrogen-bond donors (Lipinski definition) is 1. The largest absolute Gasteiger partial charge is 0.493 e. The molecule has 2 nitrogen and oxygen atoms in total. The molecular formula is C14H21NO. The summed E-state index contributed by atoms with van der Waals surface area (Å²) >= 11 is 0. The van der Waals surface area contributed by atoms with Crippen LogP contribution in [-0.4, -0.2) is 13.2 Å². The average Bonchev–Trinajstić information content (AvgIpc) is 2.26. The van der Waals surface area contributed by atoms with Crippen LogP contribution in [0.3, 0.4) is 0 Å². The van der Waals surface area contributed by atoms with Crippen molar-refractivity contribution < 1.29 is 4.74 Å². The number of nitrogens with one attached hydrogen (secondary N) is 1. The van der Waals surface area contributed by atoms with Crippen molar-refractivity contribution in [3.63, 3.8) is 0 Å². The number of benzene rings is 1. The number of ether oxygens (including phenoxy) is 1. The quantitative estimate of drug-likeness (QED) is 0.711. The Morgan fingerprint density at radius 3 is 2.94 bits per heavy atom. The predicted molar refractivity (Wildman–Crippen MR) is 68.7 cm³/mol. The molecule has 2 heteroatoms. The first-order valence-corrected chi connectivity index (χ1v) is 5.79. The smallest absolute Gasteiger partial charge is 0.119 e. The first-order valence-electron chi connectivity index (χ1n) is 5.79. The average molecular weight is 219 g/mol. The van der Waals surface area contributed by atoms with Crippen molar-refractivity contribution in [2.45, 2.75) is 26.8 Å². The summed E-state index contributed by atoms with van der Waals surface area (Å²) in [5, 5.41) is 3.30. The number of rotatable bonds is 7. The maximum atomic E-state index is 5.65. The van der Waals surface area contributed by atoms with E-state index in [1.807, 2.05) is 19.1 Å². The minimum Gasteiger partial charge on any atom is -0.493 e. The van der Waals surface area contributed by atoms with Gasteiger partial charge in [-0.15, -0.1) is 6.58 Å². The zero-order valence-corrected chi connectivity index (χ0v) is 10.3. The molecule has 1 rings (SSSR count). The summed E-state index contributed by atoms with van der Waals surface area (Å²) in [6, 6.07) is 8.21. The highest BCUT2D eigenvalue weighted by molar-refractivity contribution is 5.28. The third kappa shape index (κ3) is 4.99. The van der Waals surface area contributed by atoms with Gasteiger partial charge in [0.05, 0.1) is 6.61 Å². The van der Waals surface area contributed by atoms with Crippen LogP contribution in [0.2, 0.25) is 0 Å². The molecule has 0 bridgehead atoms. The van der Waals surface area contributed by atoms with Gasteiger partial charge in [0.15, 0.2) is 0 Å². The lowest BCUT2D eigenvalue weighted by Crippen LogP contribution is -2.11. The third-order valence-corrected chi connectivity index (χ3v) is 2.28. The van der Waals surface area contributed by atoms with Crippen LogP contribution in [0.4, 0.5) is 0 Å². The fourth-order valence-corrected chi connectivity index (χ4v) is 1.36. The zero-order chi connectivity index (χ0) is 11.8. The predicted octanol–water partition coefficient (Wildman–Crippen LogP) is 3.14. The minimum absolute atomic E-state index is 0.708. The second kappa shape index (κ2) is 7.07. The van der Waals surface area contributed by atoms with E-state index in [4.69, 9.17) is 4.74 Å². The van der Waals surface area contributed by atoms with Gasteiger partial charge in [-0.25, -0.2) is 0 Å². The van der Waals surface area contributed by atoms with E-state index in [1.54, 1.807) is 0 Å². The molecule has 1 N–H and O–H groups in total. The van der Waals surface area contributed by atoms with E-state index in [0.717, 1.165) is 30.8 Å². The fraction of sp³-hybridized carbons (Fsp3) is 0.429. The molecule has 0 radical (unpaired) electrons. The lowest BCUT2D eigenvalue weighted by Gasteiger charge is -2.08. The van der Waals surface area contributed by atoms with Crippen molar-refractivity contribution in [1.29, 1.82) is 0 Å². The molecule has 0 unspecified atom stereocenters. The van der Waals surface area contributed by atoms with Crippen LogP contribution in [0.25, 0.3) is 0 Å². The standard InChI is InChI=1S/C14H21NO/c1-4-15-11-13-6-5-7-14(10-13)16-9-8-12(2)3/h5-7,10,15H,2,4,8-9,11H2,1,3H3. The summed E-state index contributed by atoms with van der Waals surface area (Å²) in [6.07, 6.45) is 0.914. The summed E-state index contributed by atoms with van der Waals surface area (Å²) in [5.74, 6) is 0.941. The highest BCUT2D eigenvalue weighted by Crippen LogP contribution is 2.13. The monoisotopic (exact) mass is 219 g/mol. The van der Waals surface area contributed by atoms with Crippen LogP contribution in [0, 0.1) is 0 Å². The lowest BCUT2D eigenvalue weighted by atomic mass is 10.2. The van der Waals surface area contributed by atoms with Gasteiger partial charge in [-0.1, -0.05) is 24.6 Å². The Morgan fingerprint density at radius 2 is 2.25 bits per heavy atom. The van der Waals surface area contributed by atoms with Crippen molar-refractivity contribution in [3.8, 4) is 5.75 Å². The summed E-state index contributed by atoms with van der Waals surface area (Å²) in [7, 11) is 0. The van der Waals surface area contributed by atoms with E-state index >= 15 is 0 Å². The Bertz CT molecular complexity index is 333. The molecule has 0 aliphatic carbocycles. The van der Waals surface area contributed by atoms with E-state index in [2.05, 4.69) is 31.0 Å². The molecule has 1 aromatic carbocycles. The van der Waals surface area contributed by atoms with E-state index in [9.17, 15) is 0 Å². The Balaban J connectivity index is 2.43. The topological polar surface area (TPSA) is 21.3 Å². The molecule has 0 aliphatic rings.